The largest absolute Gasteiger partial charge is 0.497 e. The molecule has 0 fully saturated rings. The zero-order valence-electron chi connectivity index (χ0n) is 14.3. The first-order valence-corrected chi connectivity index (χ1v) is 8.11. The van der Waals surface area contributed by atoms with Gasteiger partial charge in [0.2, 0.25) is 0 Å². The molecule has 3 aromatic rings. The highest BCUT2D eigenvalue weighted by Crippen LogP contribution is 2.28. The van der Waals surface area contributed by atoms with Crippen LogP contribution in [0, 0.1) is 0 Å². The van der Waals surface area contributed by atoms with Crippen molar-refractivity contribution in [1.29, 1.82) is 0 Å². The SMILES string of the molecule is COc1ccc(/C=C/C(=O)NO)c(OCc2cccc3ccccc23)c1. The number of fused-ring (bicyclic) bond motifs is 1. The predicted molar refractivity (Wildman–Crippen MR) is 100 cm³/mol. The van der Waals surface area contributed by atoms with E-state index >= 15 is 0 Å². The molecule has 0 aliphatic heterocycles. The number of methoxy groups -OCH3 is 1. The molecule has 5 heteroatoms. The molecule has 0 aromatic heterocycles. The van der Waals surface area contributed by atoms with Crippen LogP contribution in [-0.2, 0) is 11.4 Å². The Hall–Kier alpha value is -3.31. The quantitative estimate of drug-likeness (QED) is 0.402. The van der Waals surface area contributed by atoms with Gasteiger partial charge in [0.1, 0.15) is 18.1 Å². The first kappa shape index (κ1) is 17.5. The van der Waals surface area contributed by atoms with Crippen molar-refractivity contribution in [3.8, 4) is 11.5 Å². The van der Waals surface area contributed by atoms with E-state index in [1.807, 2.05) is 24.3 Å². The molecule has 2 N–H and O–H groups in total. The molecule has 5 nitrogen and oxygen atoms in total. The van der Waals surface area contributed by atoms with Crippen LogP contribution in [0.4, 0.5) is 0 Å². The van der Waals surface area contributed by atoms with Crippen LogP contribution in [0.25, 0.3) is 16.8 Å². The molecular formula is C21H19NO4. The fraction of sp³-hybridized carbons (Fsp3) is 0.0952. The highest BCUT2D eigenvalue weighted by Gasteiger charge is 2.07. The molecule has 0 bridgehead atoms. The summed E-state index contributed by atoms with van der Waals surface area (Å²) in [7, 11) is 1.58. The molecule has 0 unspecified atom stereocenters. The van der Waals surface area contributed by atoms with Crippen molar-refractivity contribution in [3.63, 3.8) is 0 Å². The van der Waals surface area contributed by atoms with Gasteiger partial charge in [-0.3, -0.25) is 10.0 Å². The van der Waals surface area contributed by atoms with Crippen molar-refractivity contribution in [2.75, 3.05) is 7.11 Å². The normalized spacial score (nSPS) is 10.8. The number of hydrogen-bond acceptors (Lipinski definition) is 4. The summed E-state index contributed by atoms with van der Waals surface area (Å²) in [5.41, 5.74) is 3.33. The minimum Gasteiger partial charge on any atom is -0.497 e. The third-order valence-corrected chi connectivity index (χ3v) is 4.01. The summed E-state index contributed by atoms with van der Waals surface area (Å²) in [5, 5.41) is 10.9. The fourth-order valence-electron chi connectivity index (χ4n) is 2.68. The number of nitrogens with one attached hydrogen (secondary N) is 1. The van der Waals surface area contributed by atoms with Gasteiger partial charge in [-0.15, -0.1) is 0 Å². The molecular weight excluding hydrogens is 330 g/mol. The Kier molecular flexibility index (Phi) is 5.51. The van der Waals surface area contributed by atoms with Gasteiger partial charge in [0.05, 0.1) is 7.11 Å². The minimum absolute atomic E-state index is 0.377. The maximum absolute atomic E-state index is 11.2. The molecule has 132 valence electrons. The second kappa shape index (κ2) is 8.18. The Balaban J connectivity index is 1.88. The molecule has 0 aliphatic rings. The van der Waals surface area contributed by atoms with Gasteiger partial charge in [-0.05, 0) is 34.5 Å². The van der Waals surface area contributed by atoms with Crippen LogP contribution in [0.1, 0.15) is 11.1 Å². The molecule has 0 saturated carbocycles. The maximum Gasteiger partial charge on any atom is 0.267 e. The zero-order chi connectivity index (χ0) is 18.4. The van der Waals surface area contributed by atoms with E-state index < -0.39 is 5.91 Å². The van der Waals surface area contributed by atoms with Crippen LogP contribution < -0.4 is 15.0 Å². The van der Waals surface area contributed by atoms with E-state index in [4.69, 9.17) is 14.7 Å². The van der Waals surface area contributed by atoms with Crippen LogP contribution in [-0.4, -0.2) is 18.2 Å². The predicted octanol–water partition coefficient (Wildman–Crippen LogP) is 3.95. The number of carbonyl (C=O) groups excluding carboxylic acids is 1. The Bertz CT molecular complexity index is 944. The molecule has 0 heterocycles. The molecule has 0 spiro atoms. The van der Waals surface area contributed by atoms with Gasteiger partial charge < -0.3 is 9.47 Å². The molecule has 0 atom stereocenters. The average Bonchev–Trinajstić information content (AvgIpc) is 2.70. The molecule has 26 heavy (non-hydrogen) atoms. The van der Waals surface area contributed by atoms with Gasteiger partial charge in [-0.25, -0.2) is 5.48 Å². The van der Waals surface area contributed by atoms with Crippen molar-refractivity contribution >= 4 is 22.8 Å². The molecule has 3 rings (SSSR count). The Morgan fingerprint density at radius 2 is 1.92 bits per heavy atom. The van der Waals surface area contributed by atoms with E-state index in [0.717, 1.165) is 16.3 Å². The van der Waals surface area contributed by atoms with Crippen molar-refractivity contribution in [2.45, 2.75) is 6.61 Å². The molecule has 0 radical (unpaired) electrons. The topological polar surface area (TPSA) is 67.8 Å². The van der Waals surface area contributed by atoms with E-state index in [9.17, 15) is 4.79 Å². The standard InChI is InChI=1S/C21H19NO4/c1-25-18-11-9-16(10-12-21(23)22-24)20(13-18)26-14-17-7-4-6-15-5-2-3-8-19(15)17/h2-13,24H,14H2,1H3,(H,22,23)/b12-10+. The van der Waals surface area contributed by atoms with Crippen molar-refractivity contribution in [2.24, 2.45) is 0 Å². The highest BCUT2D eigenvalue weighted by molar-refractivity contribution is 5.91. The maximum atomic E-state index is 11.2. The summed E-state index contributed by atoms with van der Waals surface area (Å²) in [6.07, 6.45) is 2.80. The van der Waals surface area contributed by atoms with Gasteiger partial charge in [-0.2, -0.15) is 0 Å². The van der Waals surface area contributed by atoms with Gasteiger partial charge in [-0.1, -0.05) is 42.5 Å². The van der Waals surface area contributed by atoms with E-state index in [1.54, 1.807) is 36.9 Å². The molecule has 0 saturated heterocycles. The number of rotatable bonds is 6. The Labute approximate surface area is 151 Å². The summed E-state index contributed by atoms with van der Waals surface area (Å²) >= 11 is 0. The lowest BCUT2D eigenvalue weighted by Gasteiger charge is -2.12. The first-order valence-electron chi connectivity index (χ1n) is 8.11. The number of amides is 1. The van der Waals surface area contributed by atoms with Crippen LogP contribution in [0.15, 0.2) is 66.7 Å². The second-order valence-corrected chi connectivity index (χ2v) is 5.64. The lowest BCUT2D eigenvalue weighted by molar-refractivity contribution is -0.124. The van der Waals surface area contributed by atoms with Gasteiger partial charge >= 0.3 is 0 Å². The summed E-state index contributed by atoms with van der Waals surface area (Å²) in [4.78, 5) is 11.2. The lowest BCUT2D eigenvalue weighted by Crippen LogP contribution is -2.14. The van der Waals surface area contributed by atoms with Crippen molar-refractivity contribution < 1.29 is 19.5 Å². The van der Waals surface area contributed by atoms with Crippen LogP contribution in [0.2, 0.25) is 0 Å². The third-order valence-electron chi connectivity index (χ3n) is 4.01. The molecule has 1 amide bonds. The summed E-state index contributed by atoms with van der Waals surface area (Å²) < 4.78 is 11.3. The number of carbonyl (C=O) groups is 1. The Morgan fingerprint density at radius 3 is 2.73 bits per heavy atom. The minimum atomic E-state index is -0.610. The fourth-order valence-corrected chi connectivity index (χ4v) is 2.68. The zero-order valence-corrected chi connectivity index (χ0v) is 14.3. The number of hydrogen-bond donors (Lipinski definition) is 2. The van der Waals surface area contributed by atoms with E-state index in [0.29, 0.717) is 23.7 Å². The molecule has 0 aliphatic carbocycles. The Morgan fingerprint density at radius 1 is 1.12 bits per heavy atom. The molecule has 3 aromatic carbocycles. The van der Waals surface area contributed by atoms with Gasteiger partial charge in [0.15, 0.2) is 0 Å². The highest BCUT2D eigenvalue weighted by atomic mass is 16.5. The third kappa shape index (κ3) is 4.02. The van der Waals surface area contributed by atoms with E-state index in [-0.39, 0.29) is 0 Å². The van der Waals surface area contributed by atoms with Gasteiger partial charge in [0, 0.05) is 17.7 Å². The van der Waals surface area contributed by atoms with E-state index in [1.165, 1.54) is 6.08 Å². The average molecular weight is 349 g/mol. The summed E-state index contributed by atoms with van der Waals surface area (Å²) in [5.74, 6) is 0.627. The monoisotopic (exact) mass is 349 g/mol. The lowest BCUT2D eigenvalue weighted by atomic mass is 10.1. The summed E-state index contributed by atoms with van der Waals surface area (Å²) in [6.45, 7) is 0.377. The van der Waals surface area contributed by atoms with Crippen LogP contribution in [0.5, 0.6) is 11.5 Å². The first-order chi connectivity index (χ1) is 12.7. The number of hydroxylamine groups is 1. The second-order valence-electron chi connectivity index (χ2n) is 5.64. The van der Waals surface area contributed by atoms with E-state index in [2.05, 4.69) is 18.2 Å². The van der Waals surface area contributed by atoms with Crippen molar-refractivity contribution in [3.05, 3.63) is 77.9 Å². The van der Waals surface area contributed by atoms with Crippen molar-refractivity contribution in [1.82, 2.24) is 5.48 Å². The van der Waals surface area contributed by atoms with Crippen LogP contribution >= 0.6 is 0 Å². The van der Waals surface area contributed by atoms with Gasteiger partial charge in [0.25, 0.3) is 5.91 Å². The number of benzene rings is 3. The smallest absolute Gasteiger partial charge is 0.267 e. The van der Waals surface area contributed by atoms with Crippen LogP contribution in [0.3, 0.4) is 0 Å². The summed E-state index contributed by atoms with van der Waals surface area (Å²) in [6, 6.07) is 19.5. The number of ether oxygens (including phenoxy) is 2.